The van der Waals surface area contributed by atoms with Gasteiger partial charge in [-0.2, -0.15) is 0 Å². The van der Waals surface area contributed by atoms with Crippen LogP contribution in [0.3, 0.4) is 0 Å². The Morgan fingerprint density at radius 2 is 1.55 bits per heavy atom. The van der Waals surface area contributed by atoms with Gasteiger partial charge in [0.1, 0.15) is 0 Å². The molecule has 3 rings (SSSR count). The molecule has 5 nitrogen and oxygen atoms in total. The van der Waals surface area contributed by atoms with Crippen molar-refractivity contribution in [1.82, 2.24) is 0 Å². The first-order chi connectivity index (χ1) is 14.6. The van der Waals surface area contributed by atoms with E-state index < -0.39 is 10.0 Å². The minimum absolute atomic E-state index is 0.0783. The Bertz CT molecular complexity index is 1210. The Labute approximate surface area is 184 Å². The monoisotopic (exact) mass is 436 g/mol. The van der Waals surface area contributed by atoms with Crippen LogP contribution in [0.25, 0.3) is 0 Å². The van der Waals surface area contributed by atoms with E-state index >= 15 is 0 Å². The SMILES string of the molecule is Cc1ccc(NS(=O)(=O)c2cc(C(=O)Nc3c(C)cccc3C(C)C)ccc2C)cc1. The van der Waals surface area contributed by atoms with Crippen LogP contribution in [-0.2, 0) is 10.0 Å². The zero-order chi connectivity index (χ0) is 22.8. The summed E-state index contributed by atoms with van der Waals surface area (Å²) in [5.41, 5.74) is 5.12. The Hall–Kier alpha value is -3.12. The van der Waals surface area contributed by atoms with Gasteiger partial charge in [0.2, 0.25) is 0 Å². The smallest absolute Gasteiger partial charge is 0.262 e. The van der Waals surface area contributed by atoms with Gasteiger partial charge in [0.05, 0.1) is 4.90 Å². The van der Waals surface area contributed by atoms with Crippen molar-refractivity contribution < 1.29 is 13.2 Å². The van der Waals surface area contributed by atoms with Gasteiger partial charge >= 0.3 is 0 Å². The van der Waals surface area contributed by atoms with Crippen molar-refractivity contribution in [2.24, 2.45) is 0 Å². The fourth-order valence-electron chi connectivity index (χ4n) is 3.39. The van der Waals surface area contributed by atoms with Crippen LogP contribution in [0.5, 0.6) is 0 Å². The van der Waals surface area contributed by atoms with Gasteiger partial charge in [0, 0.05) is 16.9 Å². The quantitative estimate of drug-likeness (QED) is 0.514. The number of hydrogen-bond donors (Lipinski definition) is 2. The number of rotatable bonds is 6. The van der Waals surface area contributed by atoms with Crippen molar-refractivity contribution in [2.45, 2.75) is 45.4 Å². The molecular weight excluding hydrogens is 408 g/mol. The van der Waals surface area contributed by atoms with Gasteiger partial charge in [-0.1, -0.05) is 55.8 Å². The molecule has 31 heavy (non-hydrogen) atoms. The number of carbonyl (C=O) groups excluding carboxylic acids is 1. The van der Waals surface area contributed by atoms with Crippen LogP contribution < -0.4 is 10.0 Å². The summed E-state index contributed by atoms with van der Waals surface area (Å²) in [4.78, 5) is 13.1. The molecule has 0 heterocycles. The van der Waals surface area contributed by atoms with Gasteiger partial charge in [-0.15, -0.1) is 0 Å². The normalized spacial score (nSPS) is 11.4. The Kier molecular flexibility index (Phi) is 6.51. The topological polar surface area (TPSA) is 75.3 Å². The maximum absolute atomic E-state index is 13.0. The van der Waals surface area contributed by atoms with Gasteiger partial charge in [-0.25, -0.2) is 8.42 Å². The third kappa shape index (κ3) is 5.14. The van der Waals surface area contributed by atoms with E-state index in [1.807, 2.05) is 44.2 Å². The molecule has 3 aromatic carbocycles. The van der Waals surface area contributed by atoms with Gasteiger partial charge in [-0.05, 0) is 67.6 Å². The van der Waals surface area contributed by atoms with Crippen LogP contribution in [-0.4, -0.2) is 14.3 Å². The van der Waals surface area contributed by atoms with Crippen molar-refractivity contribution in [2.75, 3.05) is 10.0 Å². The predicted molar refractivity (Wildman–Crippen MR) is 126 cm³/mol. The van der Waals surface area contributed by atoms with Crippen molar-refractivity contribution in [3.8, 4) is 0 Å². The van der Waals surface area contributed by atoms with Crippen LogP contribution in [0.4, 0.5) is 11.4 Å². The fourth-order valence-corrected chi connectivity index (χ4v) is 4.72. The zero-order valence-electron chi connectivity index (χ0n) is 18.5. The second kappa shape index (κ2) is 8.94. The summed E-state index contributed by atoms with van der Waals surface area (Å²) < 4.78 is 28.6. The summed E-state index contributed by atoms with van der Waals surface area (Å²) in [6.45, 7) is 9.72. The molecule has 162 valence electrons. The summed E-state index contributed by atoms with van der Waals surface area (Å²) in [7, 11) is -3.85. The average molecular weight is 437 g/mol. The van der Waals surface area contributed by atoms with E-state index in [1.54, 1.807) is 31.2 Å². The first-order valence-corrected chi connectivity index (χ1v) is 11.7. The molecule has 0 aliphatic rings. The molecule has 0 fully saturated rings. The number of hydrogen-bond acceptors (Lipinski definition) is 3. The summed E-state index contributed by atoms with van der Waals surface area (Å²) in [6, 6.07) is 17.7. The lowest BCUT2D eigenvalue weighted by Crippen LogP contribution is -2.18. The highest BCUT2D eigenvalue weighted by molar-refractivity contribution is 7.92. The van der Waals surface area contributed by atoms with Crippen LogP contribution in [0.15, 0.2) is 65.6 Å². The Morgan fingerprint density at radius 1 is 0.871 bits per heavy atom. The number of nitrogens with one attached hydrogen (secondary N) is 2. The molecular formula is C25H28N2O3S. The molecule has 0 aliphatic heterocycles. The van der Waals surface area contributed by atoms with Crippen molar-refractivity contribution >= 4 is 27.3 Å². The molecule has 0 unspecified atom stereocenters. The average Bonchev–Trinajstić information content (AvgIpc) is 2.71. The van der Waals surface area contributed by atoms with Gasteiger partial charge < -0.3 is 5.32 Å². The number of sulfonamides is 1. The molecule has 2 N–H and O–H groups in total. The van der Waals surface area contributed by atoms with E-state index in [9.17, 15) is 13.2 Å². The minimum atomic E-state index is -3.85. The van der Waals surface area contributed by atoms with E-state index in [2.05, 4.69) is 23.9 Å². The molecule has 0 aromatic heterocycles. The van der Waals surface area contributed by atoms with Crippen molar-refractivity contribution in [1.29, 1.82) is 0 Å². The summed E-state index contributed by atoms with van der Waals surface area (Å²) >= 11 is 0. The molecule has 0 saturated heterocycles. The highest BCUT2D eigenvalue weighted by atomic mass is 32.2. The number of benzene rings is 3. The van der Waals surface area contributed by atoms with E-state index in [0.29, 0.717) is 11.3 Å². The number of aryl methyl sites for hydroxylation is 3. The van der Waals surface area contributed by atoms with Gasteiger partial charge in [0.25, 0.3) is 15.9 Å². The lowest BCUT2D eigenvalue weighted by atomic mass is 9.98. The number of para-hydroxylation sites is 1. The minimum Gasteiger partial charge on any atom is -0.321 e. The zero-order valence-corrected chi connectivity index (χ0v) is 19.3. The van der Waals surface area contributed by atoms with Crippen LogP contribution in [0.1, 0.15) is 52.4 Å². The molecule has 1 amide bonds. The Morgan fingerprint density at radius 3 is 2.19 bits per heavy atom. The highest BCUT2D eigenvalue weighted by Crippen LogP contribution is 2.28. The van der Waals surface area contributed by atoms with Crippen molar-refractivity contribution in [3.05, 3.63) is 88.5 Å². The second-order valence-electron chi connectivity index (χ2n) is 8.10. The van der Waals surface area contributed by atoms with Gasteiger partial charge in [0.15, 0.2) is 0 Å². The highest BCUT2D eigenvalue weighted by Gasteiger charge is 2.20. The molecule has 0 radical (unpaired) electrons. The first-order valence-electron chi connectivity index (χ1n) is 10.2. The van der Waals surface area contributed by atoms with Gasteiger partial charge in [-0.3, -0.25) is 9.52 Å². The fraction of sp³-hybridized carbons (Fsp3) is 0.240. The molecule has 0 atom stereocenters. The van der Waals surface area contributed by atoms with E-state index in [0.717, 1.165) is 22.4 Å². The number of amides is 1. The molecule has 3 aromatic rings. The number of carbonyl (C=O) groups is 1. The Balaban J connectivity index is 1.92. The van der Waals surface area contributed by atoms with Crippen molar-refractivity contribution in [3.63, 3.8) is 0 Å². The van der Waals surface area contributed by atoms with Crippen LogP contribution in [0, 0.1) is 20.8 Å². The number of anilines is 2. The summed E-state index contributed by atoms with van der Waals surface area (Å²) in [5, 5.41) is 2.98. The summed E-state index contributed by atoms with van der Waals surface area (Å²) in [5.74, 6) is -0.106. The molecule has 0 aliphatic carbocycles. The maximum Gasteiger partial charge on any atom is 0.262 e. The molecule has 0 bridgehead atoms. The molecule has 0 spiro atoms. The molecule has 6 heteroatoms. The van der Waals surface area contributed by atoms with E-state index in [4.69, 9.17) is 0 Å². The third-order valence-corrected chi connectivity index (χ3v) is 6.73. The maximum atomic E-state index is 13.0. The summed E-state index contributed by atoms with van der Waals surface area (Å²) in [6.07, 6.45) is 0. The predicted octanol–water partition coefficient (Wildman–Crippen LogP) is 5.79. The van der Waals surface area contributed by atoms with E-state index in [1.165, 1.54) is 6.07 Å². The largest absolute Gasteiger partial charge is 0.321 e. The standard InChI is InChI=1S/C25H28N2O3S/c1-16(2)22-8-6-7-19(5)24(22)26-25(28)20-12-11-18(4)23(15-20)31(29,30)27-21-13-9-17(3)10-14-21/h6-16,27H,1-5H3,(H,26,28). The lowest BCUT2D eigenvalue weighted by Gasteiger charge is -2.17. The first kappa shape index (κ1) is 22.6. The van der Waals surface area contributed by atoms with E-state index in [-0.39, 0.29) is 22.3 Å². The van der Waals surface area contributed by atoms with Crippen LogP contribution >= 0.6 is 0 Å². The second-order valence-corrected chi connectivity index (χ2v) is 9.75. The lowest BCUT2D eigenvalue weighted by molar-refractivity contribution is 0.102. The van der Waals surface area contributed by atoms with Crippen LogP contribution in [0.2, 0.25) is 0 Å². The third-order valence-electron chi connectivity index (χ3n) is 5.21. The molecule has 0 saturated carbocycles.